The Morgan fingerprint density at radius 1 is 1.40 bits per heavy atom. The molecular formula is C16H18FNO2. The predicted octanol–water partition coefficient (Wildman–Crippen LogP) is 3.24. The Bertz CT molecular complexity index is 555. The number of fused-ring (bicyclic) bond motifs is 2. The molecule has 106 valence electrons. The van der Waals surface area contributed by atoms with Crippen molar-refractivity contribution < 1.29 is 13.9 Å². The fraction of sp³-hybridized carbons (Fsp3) is 0.438. The van der Waals surface area contributed by atoms with E-state index in [1.807, 2.05) is 0 Å². The Labute approximate surface area is 117 Å². The van der Waals surface area contributed by atoms with E-state index >= 15 is 0 Å². The molecule has 0 spiro atoms. The molecule has 0 saturated heterocycles. The zero-order valence-electron chi connectivity index (χ0n) is 11.4. The number of carbonyl (C=O) groups excluding carboxylic acids is 1. The third-order valence-corrected chi connectivity index (χ3v) is 4.36. The standard InChI is InChI=1S/C16H18FNO2/c1-20-16(19)14-5-4-13(17)8-15(14)18-9-12-7-10-2-3-11(12)6-10/h2-5,8,10-12,18H,6-7,9H2,1H3. The van der Waals surface area contributed by atoms with Crippen LogP contribution in [0.15, 0.2) is 30.4 Å². The number of methoxy groups -OCH3 is 1. The van der Waals surface area contributed by atoms with Gasteiger partial charge in [-0.3, -0.25) is 0 Å². The lowest BCUT2D eigenvalue weighted by molar-refractivity contribution is 0.0601. The summed E-state index contributed by atoms with van der Waals surface area (Å²) in [6, 6.07) is 4.09. The number of carbonyl (C=O) groups is 1. The Morgan fingerprint density at radius 3 is 2.90 bits per heavy atom. The summed E-state index contributed by atoms with van der Waals surface area (Å²) in [5.41, 5.74) is 0.899. The van der Waals surface area contributed by atoms with Crippen molar-refractivity contribution >= 4 is 11.7 Å². The Hall–Kier alpha value is -1.84. The Morgan fingerprint density at radius 2 is 2.25 bits per heavy atom. The van der Waals surface area contributed by atoms with Crippen LogP contribution in [-0.2, 0) is 4.74 Å². The molecule has 0 heterocycles. The van der Waals surface area contributed by atoms with Crippen LogP contribution in [0.5, 0.6) is 0 Å². The molecule has 0 radical (unpaired) electrons. The van der Waals surface area contributed by atoms with Crippen molar-refractivity contribution in [2.24, 2.45) is 17.8 Å². The molecule has 20 heavy (non-hydrogen) atoms. The number of esters is 1. The maximum Gasteiger partial charge on any atom is 0.339 e. The number of anilines is 1. The van der Waals surface area contributed by atoms with Crippen molar-refractivity contribution in [3.63, 3.8) is 0 Å². The minimum atomic E-state index is -0.444. The minimum Gasteiger partial charge on any atom is -0.465 e. The molecule has 2 bridgehead atoms. The molecule has 3 rings (SSSR count). The highest BCUT2D eigenvalue weighted by Gasteiger charge is 2.35. The number of halogens is 1. The van der Waals surface area contributed by atoms with Gasteiger partial charge in [0.1, 0.15) is 5.82 Å². The van der Waals surface area contributed by atoms with Crippen molar-refractivity contribution in [2.45, 2.75) is 12.8 Å². The molecular weight excluding hydrogens is 257 g/mol. The molecule has 3 atom stereocenters. The number of hydrogen-bond donors (Lipinski definition) is 1. The molecule has 1 N–H and O–H groups in total. The Balaban J connectivity index is 1.71. The lowest BCUT2D eigenvalue weighted by Gasteiger charge is -2.20. The van der Waals surface area contributed by atoms with Gasteiger partial charge < -0.3 is 10.1 Å². The fourth-order valence-corrected chi connectivity index (χ4v) is 3.32. The first-order valence-electron chi connectivity index (χ1n) is 6.97. The monoisotopic (exact) mass is 275 g/mol. The molecule has 0 aromatic heterocycles. The molecule has 0 aliphatic heterocycles. The van der Waals surface area contributed by atoms with Crippen LogP contribution >= 0.6 is 0 Å². The van der Waals surface area contributed by atoms with Crippen LogP contribution in [0.2, 0.25) is 0 Å². The van der Waals surface area contributed by atoms with Crippen LogP contribution in [0.1, 0.15) is 23.2 Å². The van der Waals surface area contributed by atoms with Gasteiger partial charge in [-0.15, -0.1) is 0 Å². The fourth-order valence-electron chi connectivity index (χ4n) is 3.32. The highest BCUT2D eigenvalue weighted by Crippen LogP contribution is 2.43. The summed E-state index contributed by atoms with van der Waals surface area (Å²) in [5, 5.41) is 3.22. The average Bonchev–Trinajstić information content (AvgIpc) is 3.07. The van der Waals surface area contributed by atoms with E-state index in [1.54, 1.807) is 0 Å². The lowest BCUT2D eigenvalue weighted by Crippen LogP contribution is -2.19. The molecule has 1 saturated carbocycles. The van der Waals surface area contributed by atoms with E-state index in [4.69, 9.17) is 4.74 Å². The summed E-state index contributed by atoms with van der Waals surface area (Å²) >= 11 is 0. The maximum atomic E-state index is 13.4. The molecule has 3 unspecified atom stereocenters. The summed E-state index contributed by atoms with van der Waals surface area (Å²) in [6.45, 7) is 0.763. The second-order valence-corrected chi connectivity index (χ2v) is 5.60. The van der Waals surface area contributed by atoms with Crippen LogP contribution in [0.4, 0.5) is 10.1 Å². The number of nitrogens with one attached hydrogen (secondary N) is 1. The average molecular weight is 275 g/mol. The molecule has 1 fully saturated rings. The van der Waals surface area contributed by atoms with Gasteiger partial charge in [0, 0.05) is 6.54 Å². The zero-order valence-corrected chi connectivity index (χ0v) is 11.4. The van der Waals surface area contributed by atoms with Crippen molar-refractivity contribution in [1.82, 2.24) is 0 Å². The van der Waals surface area contributed by atoms with Crippen molar-refractivity contribution in [3.8, 4) is 0 Å². The number of rotatable bonds is 4. The minimum absolute atomic E-state index is 0.354. The van der Waals surface area contributed by atoms with Gasteiger partial charge in [-0.1, -0.05) is 12.2 Å². The predicted molar refractivity (Wildman–Crippen MR) is 75.1 cm³/mol. The van der Waals surface area contributed by atoms with Crippen LogP contribution in [0, 0.1) is 23.6 Å². The van der Waals surface area contributed by atoms with E-state index in [-0.39, 0.29) is 5.82 Å². The van der Waals surface area contributed by atoms with Gasteiger partial charge in [0.05, 0.1) is 18.4 Å². The van der Waals surface area contributed by atoms with Crippen molar-refractivity contribution in [3.05, 3.63) is 41.7 Å². The summed E-state index contributed by atoms with van der Waals surface area (Å²) in [7, 11) is 1.33. The molecule has 2 aliphatic rings. The SMILES string of the molecule is COC(=O)c1ccc(F)cc1NCC1CC2C=CC1C2. The normalized spacial score (nSPS) is 26.8. The van der Waals surface area contributed by atoms with E-state index in [9.17, 15) is 9.18 Å². The third kappa shape index (κ3) is 2.42. The van der Waals surface area contributed by atoms with E-state index in [0.29, 0.717) is 29.0 Å². The number of allylic oxidation sites excluding steroid dienone is 2. The smallest absolute Gasteiger partial charge is 0.339 e. The highest BCUT2D eigenvalue weighted by molar-refractivity contribution is 5.95. The number of ether oxygens (including phenoxy) is 1. The maximum absolute atomic E-state index is 13.4. The molecule has 4 heteroatoms. The first-order chi connectivity index (χ1) is 9.67. The van der Waals surface area contributed by atoms with E-state index in [2.05, 4.69) is 17.5 Å². The molecule has 1 aromatic carbocycles. The van der Waals surface area contributed by atoms with Crippen LogP contribution in [0.25, 0.3) is 0 Å². The lowest BCUT2D eigenvalue weighted by atomic mass is 9.93. The van der Waals surface area contributed by atoms with Gasteiger partial charge >= 0.3 is 5.97 Å². The second kappa shape index (κ2) is 5.27. The largest absolute Gasteiger partial charge is 0.465 e. The van der Waals surface area contributed by atoms with Gasteiger partial charge in [-0.25, -0.2) is 9.18 Å². The Kier molecular flexibility index (Phi) is 3.47. The number of benzene rings is 1. The zero-order chi connectivity index (χ0) is 14.1. The second-order valence-electron chi connectivity index (χ2n) is 5.60. The van der Waals surface area contributed by atoms with Gasteiger partial charge in [-0.2, -0.15) is 0 Å². The van der Waals surface area contributed by atoms with E-state index < -0.39 is 5.97 Å². The highest BCUT2D eigenvalue weighted by atomic mass is 19.1. The summed E-state index contributed by atoms with van der Waals surface area (Å²) in [5.74, 6) is 1.11. The first-order valence-corrected chi connectivity index (χ1v) is 6.97. The number of hydrogen-bond acceptors (Lipinski definition) is 3. The van der Waals surface area contributed by atoms with E-state index in [0.717, 1.165) is 6.54 Å². The molecule has 0 amide bonds. The first kappa shape index (κ1) is 13.2. The molecule has 1 aromatic rings. The summed E-state index contributed by atoms with van der Waals surface area (Å²) in [6.07, 6.45) is 6.99. The molecule has 2 aliphatic carbocycles. The quantitative estimate of drug-likeness (QED) is 0.677. The van der Waals surface area contributed by atoms with E-state index in [1.165, 1.54) is 38.2 Å². The van der Waals surface area contributed by atoms with Crippen LogP contribution in [-0.4, -0.2) is 19.6 Å². The molecule has 3 nitrogen and oxygen atoms in total. The summed E-state index contributed by atoms with van der Waals surface area (Å²) in [4.78, 5) is 11.7. The summed E-state index contributed by atoms with van der Waals surface area (Å²) < 4.78 is 18.1. The van der Waals surface area contributed by atoms with Gasteiger partial charge in [0.25, 0.3) is 0 Å². The van der Waals surface area contributed by atoms with Gasteiger partial charge in [0.15, 0.2) is 0 Å². The third-order valence-electron chi connectivity index (χ3n) is 4.36. The van der Waals surface area contributed by atoms with Crippen molar-refractivity contribution in [2.75, 3.05) is 19.0 Å². The van der Waals surface area contributed by atoms with Gasteiger partial charge in [0.2, 0.25) is 0 Å². The van der Waals surface area contributed by atoms with Crippen LogP contribution < -0.4 is 5.32 Å². The van der Waals surface area contributed by atoms with Crippen molar-refractivity contribution in [1.29, 1.82) is 0 Å². The van der Waals surface area contributed by atoms with Gasteiger partial charge in [-0.05, 0) is 48.8 Å². The topological polar surface area (TPSA) is 38.3 Å². The van der Waals surface area contributed by atoms with Crippen LogP contribution in [0.3, 0.4) is 0 Å².